The van der Waals surface area contributed by atoms with E-state index in [4.69, 9.17) is 4.74 Å². The Labute approximate surface area is 178 Å². The number of thiazole rings is 1. The molecule has 152 valence electrons. The van der Waals surface area contributed by atoms with Crippen LogP contribution in [-0.4, -0.2) is 27.7 Å². The Hall–Kier alpha value is -2.32. The highest BCUT2D eigenvalue weighted by Crippen LogP contribution is 2.35. The van der Waals surface area contributed by atoms with Crippen molar-refractivity contribution in [3.63, 3.8) is 0 Å². The van der Waals surface area contributed by atoms with Gasteiger partial charge < -0.3 is 10.1 Å². The molecule has 0 spiro atoms. The zero-order valence-corrected chi connectivity index (χ0v) is 18.0. The number of nitrogens with one attached hydrogen (secondary N) is 1. The van der Waals surface area contributed by atoms with Crippen molar-refractivity contribution in [1.29, 1.82) is 0 Å². The van der Waals surface area contributed by atoms with Crippen molar-refractivity contribution in [2.45, 2.75) is 51.4 Å². The van der Waals surface area contributed by atoms with Crippen LogP contribution in [0.4, 0.5) is 5.13 Å². The minimum Gasteiger partial charge on any atom is -0.494 e. The second kappa shape index (κ2) is 9.45. The van der Waals surface area contributed by atoms with Crippen molar-refractivity contribution in [1.82, 2.24) is 15.2 Å². The van der Waals surface area contributed by atoms with Crippen molar-refractivity contribution in [2.24, 2.45) is 0 Å². The molecule has 1 saturated carbocycles. The summed E-state index contributed by atoms with van der Waals surface area (Å²) < 4.78 is 5.47. The third-order valence-electron chi connectivity index (χ3n) is 4.95. The Morgan fingerprint density at radius 1 is 1.17 bits per heavy atom. The zero-order valence-electron chi connectivity index (χ0n) is 16.4. The molecule has 6 nitrogen and oxygen atoms in total. The zero-order chi connectivity index (χ0) is 20.1. The summed E-state index contributed by atoms with van der Waals surface area (Å²) in [5.74, 6) is 1.24. The van der Waals surface area contributed by atoms with Gasteiger partial charge in [0.15, 0.2) is 0 Å². The van der Waals surface area contributed by atoms with Gasteiger partial charge in [0.2, 0.25) is 11.0 Å². The lowest BCUT2D eigenvalue weighted by Crippen LogP contribution is -2.14. The van der Waals surface area contributed by atoms with E-state index in [1.165, 1.54) is 54.8 Å². The summed E-state index contributed by atoms with van der Waals surface area (Å²) >= 11 is 3.04. The number of anilines is 1. The van der Waals surface area contributed by atoms with Crippen molar-refractivity contribution < 1.29 is 9.53 Å². The molecular formula is C21H24N4O2S2. The van der Waals surface area contributed by atoms with Crippen molar-refractivity contribution in [3.05, 3.63) is 40.3 Å². The fraction of sp³-hybridized carbons (Fsp3) is 0.429. The van der Waals surface area contributed by atoms with Crippen molar-refractivity contribution in [2.75, 3.05) is 11.9 Å². The lowest BCUT2D eigenvalue weighted by atomic mass is 9.90. The van der Waals surface area contributed by atoms with Crippen LogP contribution in [0.2, 0.25) is 0 Å². The molecule has 2 heterocycles. The van der Waals surface area contributed by atoms with Crippen LogP contribution < -0.4 is 10.1 Å². The van der Waals surface area contributed by atoms with Gasteiger partial charge in [0.1, 0.15) is 15.8 Å². The van der Waals surface area contributed by atoms with E-state index < -0.39 is 0 Å². The predicted octanol–water partition coefficient (Wildman–Crippen LogP) is 5.29. The number of hydrogen-bond acceptors (Lipinski definition) is 7. The second-order valence-electron chi connectivity index (χ2n) is 7.11. The maximum absolute atomic E-state index is 12.4. The van der Waals surface area contributed by atoms with Gasteiger partial charge in [-0.3, -0.25) is 4.79 Å². The average Bonchev–Trinajstić information content (AvgIpc) is 3.39. The smallest absolute Gasteiger partial charge is 0.232 e. The Morgan fingerprint density at radius 2 is 1.97 bits per heavy atom. The second-order valence-corrected chi connectivity index (χ2v) is 8.97. The quantitative estimate of drug-likeness (QED) is 0.553. The number of carbonyl (C=O) groups excluding carboxylic acids is 1. The fourth-order valence-corrected chi connectivity index (χ4v) is 5.26. The molecule has 1 N–H and O–H groups in total. The molecule has 0 saturated heterocycles. The maximum Gasteiger partial charge on any atom is 0.232 e. The van der Waals surface area contributed by atoms with Crippen LogP contribution in [0.5, 0.6) is 5.75 Å². The lowest BCUT2D eigenvalue weighted by molar-refractivity contribution is -0.115. The summed E-state index contributed by atoms with van der Waals surface area (Å²) in [4.78, 5) is 17.0. The minimum atomic E-state index is -0.111. The fourth-order valence-electron chi connectivity index (χ4n) is 3.51. The molecule has 1 aliphatic rings. The molecule has 0 unspecified atom stereocenters. The molecule has 0 bridgehead atoms. The number of ether oxygens (including phenoxy) is 1. The molecule has 2 aromatic heterocycles. The summed E-state index contributed by atoms with van der Waals surface area (Å²) in [6, 6.07) is 7.85. The summed E-state index contributed by atoms with van der Waals surface area (Å²) in [6.07, 6.45) is 6.40. The van der Waals surface area contributed by atoms with Gasteiger partial charge >= 0.3 is 0 Å². The van der Waals surface area contributed by atoms with Gasteiger partial charge in [-0.05, 0) is 44.0 Å². The summed E-state index contributed by atoms with van der Waals surface area (Å²) in [5, 5.41) is 15.8. The number of benzene rings is 1. The Kier molecular flexibility index (Phi) is 6.51. The first kappa shape index (κ1) is 20.0. The predicted molar refractivity (Wildman–Crippen MR) is 117 cm³/mol. The molecule has 1 aliphatic carbocycles. The highest BCUT2D eigenvalue weighted by atomic mass is 32.1. The molecule has 8 heteroatoms. The molecule has 0 aliphatic heterocycles. The van der Waals surface area contributed by atoms with Crippen LogP contribution in [0.15, 0.2) is 29.6 Å². The standard InChI is InChI=1S/C21H24N4O2S2/c1-2-27-17-10-8-15(9-11-17)19-22-16(13-28-19)12-18(26)23-21-25-24-20(29-21)14-6-4-3-5-7-14/h8-11,13-14H,2-7,12H2,1H3,(H,23,25,26). The van der Waals surface area contributed by atoms with E-state index in [0.29, 0.717) is 17.7 Å². The van der Waals surface area contributed by atoms with Gasteiger partial charge in [-0.1, -0.05) is 30.6 Å². The van der Waals surface area contributed by atoms with Gasteiger partial charge in [-0.15, -0.1) is 21.5 Å². The topological polar surface area (TPSA) is 77.0 Å². The monoisotopic (exact) mass is 428 g/mol. The van der Waals surface area contributed by atoms with Crippen molar-refractivity contribution in [3.8, 4) is 16.3 Å². The first-order chi connectivity index (χ1) is 14.2. The van der Waals surface area contributed by atoms with E-state index in [0.717, 1.165) is 27.0 Å². The van der Waals surface area contributed by atoms with Gasteiger partial charge in [-0.25, -0.2) is 4.98 Å². The van der Waals surface area contributed by atoms with E-state index in [9.17, 15) is 4.79 Å². The van der Waals surface area contributed by atoms with Crippen LogP contribution in [0.1, 0.15) is 55.6 Å². The Balaban J connectivity index is 1.34. The summed E-state index contributed by atoms with van der Waals surface area (Å²) in [6.45, 7) is 2.61. The number of aromatic nitrogens is 3. The molecule has 4 rings (SSSR count). The molecular weight excluding hydrogens is 404 g/mol. The minimum absolute atomic E-state index is 0.111. The normalized spacial score (nSPS) is 14.7. The van der Waals surface area contributed by atoms with Crippen LogP contribution >= 0.6 is 22.7 Å². The van der Waals surface area contributed by atoms with Crippen LogP contribution in [0.3, 0.4) is 0 Å². The molecule has 0 atom stereocenters. The number of carbonyl (C=O) groups is 1. The van der Waals surface area contributed by atoms with E-state index in [1.54, 1.807) is 0 Å². The largest absolute Gasteiger partial charge is 0.494 e. The lowest BCUT2D eigenvalue weighted by Gasteiger charge is -2.18. The highest BCUT2D eigenvalue weighted by Gasteiger charge is 2.20. The van der Waals surface area contributed by atoms with Crippen LogP contribution in [-0.2, 0) is 11.2 Å². The van der Waals surface area contributed by atoms with E-state index in [2.05, 4.69) is 20.5 Å². The average molecular weight is 429 g/mol. The van der Waals surface area contributed by atoms with Gasteiger partial charge in [0.05, 0.1) is 18.7 Å². The third-order valence-corrected chi connectivity index (χ3v) is 6.89. The van der Waals surface area contributed by atoms with Gasteiger partial charge in [0.25, 0.3) is 0 Å². The third kappa shape index (κ3) is 5.19. The first-order valence-electron chi connectivity index (χ1n) is 10.0. The first-order valence-corrected chi connectivity index (χ1v) is 11.7. The van der Waals surface area contributed by atoms with Crippen LogP contribution in [0, 0.1) is 0 Å². The van der Waals surface area contributed by atoms with E-state index >= 15 is 0 Å². The summed E-state index contributed by atoms with van der Waals surface area (Å²) in [5.41, 5.74) is 1.78. The van der Waals surface area contributed by atoms with Crippen LogP contribution in [0.25, 0.3) is 10.6 Å². The van der Waals surface area contributed by atoms with Gasteiger partial charge in [0, 0.05) is 16.9 Å². The van der Waals surface area contributed by atoms with E-state index in [1.807, 2.05) is 36.6 Å². The van der Waals surface area contributed by atoms with Crippen molar-refractivity contribution >= 4 is 33.7 Å². The number of hydrogen-bond donors (Lipinski definition) is 1. The number of amides is 1. The number of rotatable bonds is 7. The van der Waals surface area contributed by atoms with Gasteiger partial charge in [-0.2, -0.15) is 0 Å². The molecule has 29 heavy (non-hydrogen) atoms. The Morgan fingerprint density at radius 3 is 2.72 bits per heavy atom. The number of nitrogens with zero attached hydrogens (tertiary/aromatic N) is 3. The molecule has 1 aromatic carbocycles. The molecule has 3 aromatic rings. The SMILES string of the molecule is CCOc1ccc(-c2nc(CC(=O)Nc3nnc(C4CCCCC4)s3)cs2)cc1. The highest BCUT2D eigenvalue weighted by molar-refractivity contribution is 7.15. The molecule has 1 amide bonds. The Bertz CT molecular complexity index is 946. The van der Waals surface area contributed by atoms with E-state index in [-0.39, 0.29) is 12.3 Å². The molecule has 0 radical (unpaired) electrons. The maximum atomic E-state index is 12.4. The molecule has 1 fully saturated rings. The summed E-state index contributed by atoms with van der Waals surface area (Å²) in [7, 11) is 0.